The van der Waals surface area contributed by atoms with Gasteiger partial charge in [-0.05, 0) is 76.5 Å². The molecule has 2 aromatic rings. The fourth-order valence-corrected chi connectivity index (χ4v) is 4.40. The highest BCUT2D eigenvalue weighted by Gasteiger charge is 2.34. The number of piperazine rings is 1. The second-order valence-electron chi connectivity index (χ2n) is 11.7. The van der Waals surface area contributed by atoms with Crippen LogP contribution in [0.15, 0.2) is 54.6 Å². The maximum atomic E-state index is 13.5. The van der Waals surface area contributed by atoms with Crippen LogP contribution in [0.5, 0.6) is 5.75 Å². The molecule has 212 valence electrons. The van der Waals surface area contributed by atoms with Gasteiger partial charge in [0.2, 0.25) is 5.91 Å². The first-order valence-electron chi connectivity index (χ1n) is 13.7. The Bertz CT molecular complexity index is 1100. The molecule has 0 aromatic heterocycles. The van der Waals surface area contributed by atoms with Crippen molar-refractivity contribution in [3.05, 3.63) is 65.7 Å². The number of carbonyl (C=O) groups is 3. The number of nitrogens with zero attached hydrogens (tertiary/aromatic N) is 2. The van der Waals surface area contributed by atoms with Crippen molar-refractivity contribution in [1.29, 1.82) is 0 Å². The molecule has 2 aromatic carbocycles. The Hall–Kier alpha value is -3.23. The lowest BCUT2D eigenvalue weighted by molar-refractivity contribution is -0.159. The molecule has 1 heterocycles. The van der Waals surface area contributed by atoms with E-state index in [0.717, 1.165) is 31.6 Å². The number of hydrogen-bond acceptors (Lipinski definition) is 7. The third kappa shape index (κ3) is 9.79. The van der Waals surface area contributed by atoms with Crippen LogP contribution in [0, 0.1) is 5.92 Å². The lowest BCUT2D eigenvalue weighted by atomic mass is 10.0. The Morgan fingerprint density at radius 3 is 2.28 bits per heavy atom. The summed E-state index contributed by atoms with van der Waals surface area (Å²) in [5.41, 5.74) is 0.581. The Labute approximate surface area is 232 Å². The van der Waals surface area contributed by atoms with E-state index in [0.29, 0.717) is 23.8 Å². The first kappa shape index (κ1) is 30.3. The lowest BCUT2D eigenvalue weighted by Crippen LogP contribution is -2.60. The summed E-state index contributed by atoms with van der Waals surface area (Å²) in [5.74, 6) is -0.154. The highest BCUT2D eigenvalue weighted by Crippen LogP contribution is 2.18. The molecule has 3 rings (SSSR count). The maximum Gasteiger partial charge on any atom is 0.343 e. The minimum absolute atomic E-state index is 0.172. The minimum atomic E-state index is -0.853. The number of esters is 2. The van der Waals surface area contributed by atoms with Crippen molar-refractivity contribution >= 4 is 17.8 Å². The third-order valence-corrected chi connectivity index (χ3v) is 6.58. The molecule has 8 nitrogen and oxygen atoms in total. The third-order valence-electron chi connectivity index (χ3n) is 6.58. The zero-order valence-electron chi connectivity index (χ0n) is 24.1. The van der Waals surface area contributed by atoms with Crippen molar-refractivity contribution < 1.29 is 23.9 Å². The average molecular weight is 538 g/mol. The minimum Gasteiger partial charge on any atom is -0.458 e. The number of likely N-dealkylation sites (N-methyl/N-ethyl adjacent to an activating group) is 1. The van der Waals surface area contributed by atoms with E-state index in [9.17, 15) is 14.4 Å². The van der Waals surface area contributed by atoms with Gasteiger partial charge in [0.05, 0.1) is 5.56 Å². The van der Waals surface area contributed by atoms with Gasteiger partial charge < -0.3 is 19.7 Å². The smallest absolute Gasteiger partial charge is 0.343 e. The maximum absolute atomic E-state index is 13.5. The van der Waals surface area contributed by atoms with Gasteiger partial charge in [0.15, 0.2) is 0 Å². The molecule has 1 N–H and O–H groups in total. The molecule has 1 fully saturated rings. The summed E-state index contributed by atoms with van der Waals surface area (Å²) in [6.07, 6.45) is 1.26. The zero-order valence-corrected chi connectivity index (χ0v) is 24.1. The first-order valence-corrected chi connectivity index (χ1v) is 13.7. The summed E-state index contributed by atoms with van der Waals surface area (Å²) in [7, 11) is 2.01. The van der Waals surface area contributed by atoms with Crippen molar-refractivity contribution in [2.45, 2.75) is 65.1 Å². The van der Waals surface area contributed by atoms with E-state index in [1.165, 1.54) is 0 Å². The Morgan fingerprint density at radius 1 is 1.00 bits per heavy atom. The number of carbonyl (C=O) groups excluding carboxylic acids is 3. The molecule has 39 heavy (non-hydrogen) atoms. The highest BCUT2D eigenvalue weighted by molar-refractivity contribution is 5.91. The molecule has 0 radical (unpaired) electrons. The molecule has 1 unspecified atom stereocenters. The summed E-state index contributed by atoms with van der Waals surface area (Å²) in [4.78, 5) is 43.4. The van der Waals surface area contributed by atoms with Gasteiger partial charge in [0.25, 0.3) is 0 Å². The van der Waals surface area contributed by atoms with Crippen LogP contribution in [0.1, 0.15) is 57.0 Å². The van der Waals surface area contributed by atoms with E-state index in [4.69, 9.17) is 9.47 Å². The first-order chi connectivity index (χ1) is 18.4. The van der Waals surface area contributed by atoms with Crippen molar-refractivity contribution in [3.8, 4) is 5.75 Å². The van der Waals surface area contributed by atoms with E-state index in [1.54, 1.807) is 48.5 Å². The predicted octanol–water partition coefficient (Wildman–Crippen LogP) is 3.94. The Kier molecular flexibility index (Phi) is 10.7. The van der Waals surface area contributed by atoms with Crippen molar-refractivity contribution in [1.82, 2.24) is 15.1 Å². The molecule has 8 heteroatoms. The highest BCUT2D eigenvalue weighted by atomic mass is 16.6. The van der Waals surface area contributed by atoms with Gasteiger partial charge in [-0.15, -0.1) is 0 Å². The second-order valence-corrected chi connectivity index (χ2v) is 11.7. The molecular weight excluding hydrogens is 494 g/mol. The van der Waals surface area contributed by atoms with Gasteiger partial charge in [-0.1, -0.05) is 44.2 Å². The van der Waals surface area contributed by atoms with Gasteiger partial charge in [-0.3, -0.25) is 9.69 Å². The number of ether oxygens (including phenoxy) is 2. The topological polar surface area (TPSA) is 88.2 Å². The number of amides is 1. The predicted molar refractivity (Wildman–Crippen MR) is 152 cm³/mol. The fraction of sp³-hybridized carbons (Fsp3) is 0.516. The van der Waals surface area contributed by atoms with Crippen LogP contribution in [0.3, 0.4) is 0 Å². The van der Waals surface area contributed by atoms with Crippen molar-refractivity contribution in [2.75, 3.05) is 33.2 Å². The molecule has 0 bridgehead atoms. The molecule has 1 amide bonds. The summed E-state index contributed by atoms with van der Waals surface area (Å²) in [6, 6.07) is 14.5. The largest absolute Gasteiger partial charge is 0.458 e. The van der Waals surface area contributed by atoms with Crippen LogP contribution < -0.4 is 10.1 Å². The summed E-state index contributed by atoms with van der Waals surface area (Å²) >= 11 is 0. The number of benzene rings is 2. The van der Waals surface area contributed by atoms with E-state index in [2.05, 4.69) is 29.0 Å². The van der Waals surface area contributed by atoms with Gasteiger partial charge in [-0.2, -0.15) is 0 Å². The number of nitrogens with one attached hydrogen (secondary N) is 1. The standard InChI is InChI=1S/C31H43N3O5/c1-22(2)16-17-34-19-18-33(6)21-27(34)28(35)32-26(30(37)39-31(3,4)5)20-23-12-14-25(15-13-23)38-29(36)24-10-8-7-9-11-24/h7-15,22,26-27H,16-21H2,1-6H3,(H,32,35)/t26-,27?/m0/s1. The number of rotatable bonds is 10. The van der Waals surface area contributed by atoms with Gasteiger partial charge in [-0.25, -0.2) is 9.59 Å². The zero-order chi connectivity index (χ0) is 28.6. The van der Waals surface area contributed by atoms with Crippen molar-refractivity contribution in [2.24, 2.45) is 5.92 Å². The van der Waals surface area contributed by atoms with E-state index < -0.39 is 23.6 Å². The lowest BCUT2D eigenvalue weighted by Gasteiger charge is -2.39. The molecule has 1 aliphatic heterocycles. The molecule has 0 saturated carbocycles. The van der Waals surface area contributed by atoms with Gasteiger partial charge >= 0.3 is 11.9 Å². The quantitative estimate of drug-likeness (QED) is 0.363. The van der Waals surface area contributed by atoms with E-state index in [-0.39, 0.29) is 18.4 Å². The summed E-state index contributed by atoms with van der Waals surface area (Å²) in [6.45, 7) is 12.9. The van der Waals surface area contributed by atoms with Crippen LogP contribution in [0.4, 0.5) is 0 Å². The average Bonchev–Trinajstić information content (AvgIpc) is 2.88. The second kappa shape index (κ2) is 13.7. The normalized spacial score (nSPS) is 17.5. The van der Waals surface area contributed by atoms with Crippen LogP contribution in [-0.2, 0) is 20.7 Å². The van der Waals surface area contributed by atoms with Gasteiger partial charge in [0.1, 0.15) is 23.4 Å². The van der Waals surface area contributed by atoms with Crippen molar-refractivity contribution in [3.63, 3.8) is 0 Å². The molecule has 0 spiro atoms. The van der Waals surface area contributed by atoms with Crippen LogP contribution in [-0.4, -0.2) is 78.6 Å². The Morgan fingerprint density at radius 2 is 1.67 bits per heavy atom. The van der Waals surface area contributed by atoms with Gasteiger partial charge in [0, 0.05) is 26.1 Å². The molecule has 1 saturated heterocycles. The molecular formula is C31H43N3O5. The molecule has 1 aliphatic rings. The molecule has 0 aliphatic carbocycles. The number of hydrogen-bond donors (Lipinski definition) is 1. The van der Waals surface area contributed by atoms with Crippen LogP contribution in [0.25, 0.3) is 0 Å². The summed E-state index contributed by atoms with van der Waals surface area (Å²) < 4.78 is 11.1. The van der Waals surface area contributed by atoms with Crippen LogP contribution in [0.2, 0.25) is 0 Å². The van der Waals surface area contributed by atoms with E-state index in [1.807, 2.05) is 33.9 Å². The van der Waals surface area contributed by atoms with Crippen LogP contribution >= 0.6 is 0 Å². The Balaban J connectivity index is 1.72. The van der Waals surface area contributed by atoms with E-state index >= 15 is 0 Å². The fourth-order valence-electron chi connectivity index (χ4n) is 4.40. The SMILES string of the molecule is CC(C)CCN1CCN(C)CC1C(=O)N[C@@H](Cc1ccc(OC(=O)c2ccccc2)cc1)C(=O)OC(C)(C)C. The molecule has 2 atom stereocenters. The monoisotopic (exact) mass is 537 g/mol. The summed E-state index contributed by atoms with van der Waals surface area (Å²) in [5, 5.41) is 3.00.